The highest BCUT2D eigenvalue weighted by molar-refractivity contribution is 7.92. The van der Waals surface area contributed by atoms with Crippen LogP contribution in [0, 0.1) is 0 Å². The molecule has 2 amide bonds. The summed E-state index contributed by atoms with van der Waals surface area (Å²) in [6, 6.07) is 19.6. The van der Waals surface area contributed by atoms with Crippen LogP contribution in [0.1, 0.15) is 11.1 Å². The number of ether oxygens (including phenoxy) is 1. The molecule has 0 spiro atoms. The normalized spacial score (nSPS) is 11.9. The lowest BCUT2D eigenvalue weighted by atomic mass is 10.0. The lowest BCUT2D eigenvalue weighted by Gasteiger charge is -2.33. The second kappa shape index (κ2) is 13.0. The highest BCUT2D eigenvalue weighted by Crippen LogP contribution is 2.28. The highest BCUT2D eigenvalue weighted by atomic mass is 35.5. The van der Waals surface area contributed by atoms with Crippen molar-refractivity contribution in [2.75, 3.05) is 31.3 Å². The molecule has 0 bridgehead atoms. The maximum atomic E-state index is 13.9. The van der Waals surface area contributed by atoms with E-state index in [9.17, 15) is 18.0 Å². The van der Waals surface area contributed by atoms with Gasteiger partial charge < -0.3 is 15.0 Å². The van der Waals surface area contributed by atoms with Crippen LogP contribution in [-0.4, -0.2) is 58.1 Å². The van der Waals surface area contributed by atoms with E-state index >= 15 is 0 Å². The zero-order valence-electron chi connectivity index (χ0n) is 21.2. The van der Waals surface area contributed by atoms with Crippen LogP contribution in [0.3, 0.4) is 0 Å². The largest absolute Gasteiger partial charge is 0.497 e. The van der Waals surface area contributed by atoms with Crippen molar-refractivity contribution in [3.8, 4) is 5.75 Å². The van der Waals surface area contributed by atoms with Gasteiger partial charge in [-0.25, -0.2) is 8.42 Å². The van der Waals surface area contributed by atoms with Gasteiger partial charge in [-0.15, -0.1) is 0 Å². The average molecular weight is 579 g/mol. The number of carbonyl (C=O) groups is 2. The SMILES string of the molecule is CNC(=O)C(Cc1ccccc1)N(Cc1c(Cl)cccc1Cl)C(=O)CN(c1cccc(OC)c1)S(C)(=O)=O. The Balaban J connectivity index is 2.07. The zero-order chi connectivity index (χ0) is 27.9. The Labute approximate surface area is 233 Å². The lowest BCUT2D eigenvalue weighted by Crippen LogP contribution is -2.53. The van der Waals surface area contributed by atoms with Gasteiger partial charge in [0.1, 0.15) is 18.3 Å². The van der Waals surface area contributed by atoms with Gasteiger partial charge in [0.25, 0.3) is 0 Å². The maximum Gasteiger partial charge on any atom is 0.244 e. The van der Waals surface area contributed by atoms with Crippen LogP contribution < -0.4 is 14.4 Å². The van der Waals surface area contributed by atoms with Crippen LogP contribution in [-0.2, 0) is 32.6 Å². The van der Waals surface area contributed by atoms with E-state index in [1.54, 1.807) is 36.4 Å². The Hall–Kier alpha value is -3.27. The number of hydrogen-bond donors (Lipinski definition) is 1. The van der Waals surface area contributed by atoms with E-state index < -0.39 is 34.4 Å². The second-order valence-electron chi connectivity index (χ2n) is 8.51. The van der Waals surface area contributed by atoms with E-state index in [2.05, 4.69) is 5.32 Å². The first kappa shape index (κ1) is 29.3. The summed E-state index contributed by atoms with van der Waals surface area (Å²) in [7, 11) is -0.957. The zero-order valence-corrected chi connectivity index (χ0v) is 23.6. The molecule has 0 radical (unpaired) electrons. The first-order valence-electron chi connectivity index (χ1n) is 11.6. The number of hydrogen-bond acceptors (Lipinski definition) is 5. The summed E-state index contributed by atoms with van der Waals surface area (Å²) < 4.78 is 31.8. The second-order valence-corrected chi connectivity index (χ2v) is 11.2. The average Bonchev–Trinajstić information content (AvgIpc) is 2.90. The fraction of sp³-hybridized carbons (Fsp3) is 0.259. The summed E-state index contributed by atoms with van der Waals surface area (Å²) in [6.45, 7) is -0.672. The highest BCUT2D eigenvalue weighted by Gasteiger charge is 2.33. The summed E-state index contributed by atoms with van der Waals surface area (Å²) in [5, 5.41) is 3.25. The molecule has 11 heteroatoms. The number of anilines is 1. The van der Waals surface area contributed by atoms with Gasteiger partial charge in [-0.3, -0.25) is 13.9 Å². The number of sulfonamides is 1. The molecule has 0 fully saturated rings. The molecular formula is C27H29Cl2N3O5S. The van der Waals surface area contributed by atoms with Crippen LogP contribution in [0.5, 0.6) is 5.75 Å². The maximum absolute atomic E-state index is 13.9. The van der Waals surface area contributed by atoms with Gasteiger partial charge in [-0.1, -0.05) is 65.7 Å². The van der Waals surface area contributed by atoms with E-state index in [4.69, 9.17) is 27.9 Å². The Bertz CT molecular complexity index is 1370. The molecule has 3 aromatic carbocycles. The van der Waals surface area contributed by atoms with Crippen molar-refractivity contribution in [2.24, 2.45) is 0 Å². The van der Waals surface area contributed by atoms with Gasteiger partial charge in [0.15, 0.2) is 0 Å². The predicted molar refractivity (Wildman–Crippen MR) is 150 cm³/mol. The van der Waals surface area contributed by atoms with Gasteiger partial charge >= 0.3 is 0 Å². The van der Waals surface area contributed by atoms with Gasteiger partial charge in [-0.2, -0.15) is 0 Å². The Morgan fingerprint density at radius 3 is 2.18 bits per heavy atom. The van der Waals surface area contributed by atoms with Crippen LogP contribution in [0.25, 0.3) is 0 Å². The van der Waals surface area contributed by atoms with E-state index in [0.29, 0.717) is 21.4 Å². The first-order valence-corrected chi connectivity index (χ1v) is 14.2. The summed E-state index contributed by atoms with van der Waals surface area (Å²) in [6.07, 6.45) is 1.20. The molecule has 3 aromatic rings. The molecule has 0 aliphatic carbocycles. The molecule has 3 rings (SSSR count). The fourth-order valence-corrected chi connectivity index (χ4v) is 5.31. The third kappa shape index (κ3) is 7.40. The molecule has 0 saturated carbocycles. The molecule has 1 atom stereocenters. The topological polar surface area (TPSA) is 96.0 Å². The minimum absolute atomic E-state index is 0.113. The predicted octanol–water partition coefficient (Wildman–Crippen LogP) is 4.15. The Morgan fingerprint density at radius 1 is 0.974 bits per heavy atom. The number of nitrogens with one attached hydrogen (secondary N) is 1. The molecule has 1 unspecified atom stereocenters. The number of halogens is 2. The molecule has 0 saturated heterocycles. The summed E-state index contributed by atoms with van der Waals surface area (Å²) >= 11 is 12.8. The van der Waals surface area contributed by atoms with Gasteiger partial charge in [-0.05, 0) is 29.8 Å². The van der Waals surface area contributed by atoms with Gasteiger partial charge in [0, 0.05) is 41.7 Å². The lowest BCUT2D eigenvalue weighted by molar-refractivity contribution is -0.139. The summed E-state index contributed by atoms with van der Waals surface area (Å²) in [4.78, 5) is 28.4. The molecule has 8 nitrogen and oxygen atoms in total. The van der Waals surface area contributed by atoms with Crippen LogP contribution in [0.15, 0.2) is 72.8 Å². The number of benzene rings is 3. The smallest absolute Gasteiger partial charge is 0.244 e. The quantitative estimate of drug-likeness (QED) is 0.369. The van der Waals surface area contributed by atoms with E-state index in [1.807, 2.05) is 30.3 Å². The number of likely N-dealkylation sites (N-methyl/N-ethyl adjacent to an activating group) is 1. The monoisotopic (exact) mass is 577 g/mol. The third-order valence-electron chi connectivity index (χ3n) is 5.93. The minimum Gasteiger partial charge on any atom is -0.497 e. The van der Waals surface area contributed by atoms with Crippen molar-refractivity contribution in [1.29, 1.82) is 0 Å². The number of amides is 2. The van der Waals surface area contributed by atoms with Crippen molar-refractivity contribution in [3.05, 3.63) is 94.0 Å². The molecule has 0 aliphatic rings. The first-order chi connectivity index (χ1) is 18.0. The van der Waals surface area contributed by atoms with Crippen molar-refractivity contribution in [3.63, 3.8) is 0 Å². The molecule has 0 heterocycles. The summed E-state index contributed by atoms with van der Waals surface area (Å²) in [5.41, 5.74) is 1.51. The van der Waals surface area contributed by atoms with E-state index in [1.165, 1.54) is 25.1 Å². The molecule has 38 heavy (non-hydrogen) atoms. The fourth-order valence-electron chi connectivity index (χ4n) is 3.95. The molecule has 0 aliphatic heterocycles. The third-order valence-corrected chi connectivity index (χ3v) is 7.78. The van der Waals surface area contributed by atoms with Crippen molar-refractivity contribution in [1.82, 2.24) is 10.2 Å². The number of nitrogens with zero attached hydrogens (tertiary/aromatic N) is 2. The number of methoxy groups -OCH3 is 1. The minimum atomic E-state index is -3.89. The van der Waals surface area contributed by atoms with Crippen molar-refractivity contribution in [2.45, 2.75) is 19.0 Å². The van der Waals surface area contributed by atoms with Crippen molar-refractivity contribution < 1.29 is 22.7 Å². The van der Waals surface area contributed by atoms with Gasteiger partial charge in [0.2, 0.25) is 21.8 Å². The van der Waals surface area contributed by atoms with Crippen LogP contribution >= 0.6 is 23.2 Å². The Morgan fingerprint density at radius 2 is 1.61 bits per heavy atom. The molecule has 1 N–H and O–H groups in total. The van der Waals surface area contributed by atoms with Crippen molar-refractivity contribution >= 4 is 50.7 Å². The molecule has 202 valence electrons. The van der Waals surface area contributed by atoms with E-state index in [-0.39, 0.29) is 18.7 Å². The molecular weight excluding hydrogens is 549 g/mol. The van der Waals surface area contributed by atoms with Crippen LogP contribution in [0.4, 0.5) is 5.69 Å². The Kier molecular flexibility index (Phi) is 10.0. The van der Waals surface area contributed by atoms with Crippen LogP contribution in [0.2, 0.25) is 10.0 Å². The number of carbonyl (C=O) groups excluding carboxylic acids is 2. The summed E-state index contributed by atoms with van der Waals surface area (Å²) in [5.74, 6) is -0.605. The molecule has 0 aromatic heterocycles. The number of rotatable bonds is 11. The standard InChI is InChI=1S/C27H29Cl2N3O5S/c1-30-27(34)25(15-19-9-5-4-6-10-19)31(17-22-23(28)13-8-14-24(22)29)26(33)18-32(38(3,35)36)20-11-7-12-21(16-20)37-2/h4-14,16,25H,15,17-18H2,1-3H3,(H,30,34). The van der Waals surface area contributed by atoms with E-state index in [0.717, 1.165) is 16.1 Å². The van der Waals surface area contributed by atoms with Gasteiger partial charge in [0.05, 0.1) is 19.1 Å².